The van der Waals surface area contributed by atoms with E-state index in [0.29, 0.717) is 10.9 Å². The molecule has 2 nitrogen and oxygen atoms in total. The Balaban J connectivity index is 2.08. The summed E-state index contributed by atoms with van der Waals surface area (Å²) in [6, 6.07) is 5.56. The highest BCUT2D eigenvalue weighted by Gasteiger charge is 2.26. The number of anilines is 1. The van der Waals surface area contributed by atoms with Crippen LogP contribution in [0.15, 0.2) is 27.6 Å². The van der Waals surface area contributed by atoms with Gasteiger partial charge in [-0.15, -0.1) is 0 Å². The topological polar surface area (TPSA) is 43.1 Å². The van der Waals surface area contributed by atoms with Crippen molar-refractivity contribution in [2.75, 3.05) is 5.73 Å². The molecule has 0 spiro atoms. The SMILES string of the molecule is CCC1CCC(S(=O)c2ccc(N)cc2Br)CC1. The molecule has 0 heterocycles. The van der Waals surface area contributed by atoms with Gasteiger partial charge in [0, 0.05) is 15.4 Å². The minimum absolute atomic E-state index is 0.313. The van der Waals surface area contributed by atoms with E-state index in [0.717, 1.165) is 28.1 Å². The average molecular weight is 330 g/mol. The first-order valence-corrected chi connectivity index (χ1v) is 8.58. The molecular formula is C14H20BrNOS. The third kappa shape index (κ3) is 3.15. The second-order valence-electron chi connectivity index (χ2n) is 5.04. The maximum atomic E-state index is 12.6. The lowest BCUT2D eigenvalue weighted by Gasteiger charge is -2.27. The van der Waals surface area contributed by atoms with Crippen molar-refractivity contribution < 1.29 is 4.21 Å². The van der Waals surface area contributed by atoms with E-state index >= 15 is 0 Å². The van der Waals surface area contributed by atoms with E-state index in [4.69, 9.17) is 5.73 Å². The number of hydrogen-bond acceptors (Lipinski definition) is 2. The molecule has 0 bridgehead atoms. The van der Waals surface area contributed by atoms with Crippen LogP contribution in [0.5, 0.6) is 0 Å². The van der Waals surface area contributed by atoms with Crippen LogP contribution in [0.4, 0.5) is 5.69 Å². The Kier molecular flexibility index (Phi) is 4.84. The highest BCUT2D eigenvalue weighted by atomic mass is 79.9. The van der Waals surface area contributed by atoms with Crippen LogP contribution < -0.4 is 5.73 Å². The molecule has 0 aromatic heterocycles. The summed E-state index contributed by atoms with van der Waals surface area (Å²) in [4.78, 5) is 0.893. The van der Waals surface area contributed by atoms with Gasteiger partial charge in [0.1, 0.15) is 0 Å². The molecule has 1 aromatic rings. The monoisotopic (exact) mass is 329 g/mol. The zero-order valence-electron chi connectivity index (χ0n) is 10.7. The highest BCUT2D eigenvalue weighted by Crippen LogP contribution is 2.33. The third-order valence-electron chi connectivity index (χ3n) is 3.85. The minimum Gasteiger partial charge on any atom is -0.399 e. The summed E-state index contributed by atoms with van der Waals surface area (Å²) in [7, 11) is -0.909. The van der Waals surface area contributed by atoms with Crippen LogP contribution >= 0.6 is 15.9 Å². The second kappa shape index (κ2) is 6.20. The Labute approximate surface area is 120 Å². The number of hydrogen-bond donors (Lipinski definition) is 1. The number of halogens is 1. The maximum absolute atomic E-state index is 12.6. The van der Waals surface area contributed by atoms with E-state index in [2.05, 4.69) is 22.9 Å². The van der Waals surface area contributed by atoms with Crippen LogP contribution in [0.3, 0.4) is 0 Å². The Morgan fingerprint density at radius 1 is 1.33 bits per heavy atom. The molecule has 100 valence electrons. The van der Waals surface area contributed by atoms with Crippen molar-refractivity contribution in [1.29, 1.82) is 0 Å². The van der Waals surface area contributed by atoms with Crippen LogP contribution in [-0.4, -0.2) is 9.46 Å². The van der Waals surface area contributed by atoms with Crippen molar-refractivity contribution in [3.8, 4) is 0 Å². The maximum Gasteiger partial charge on any atom is 0.0572 e. The first-order chi connectivity index (χ1) is 8.61. The number of rotatable bonds is 3. The lowest BCUT2D eigenvalue weighted by Crippen LogP contribution is -2.23. The standard InChI is InChI=1S/C14H20BrNOS/c1-2-10-3-6-12(7-4-10)18(17)14-8-5-11(16)9-13(14)15/h5,8-10,12H,2-4,6-7,16H2,1H3. The highest BCUT2D eigenvalue weighted by molar-refractivity contribution is 9.10. The average Bonchev–Trinajstić information content (AvgIpc) is 2.38. The molecule has 2 rings (SSSR count). The molecule has 0 saturated heterocycles. The fourth-order valence-electron chi connectivity index (χ4n) is 2.61. The molecule has 1 unspecified atom stereocenters. The van der Waals surface area contributed by atoms with Crippen LogP contribution in [0.1, 0.15) is 39.0 Å². The van der Waals surface area contributed by atoms with E-state index in [1.807, 2.05) is 18.2 Å². The molecular weight excluding hydrogens is 310 g/mol. The molecule has 0 radical (unpaired) electrons. The zero-order valence-corrected chi connectivity index (χ0v) is 13.1. The number of nitrogen functional groups attached to an aromatic ring is 1. The molecule has 18 heavy (non-hydrogen) atoms. The molecule has 2 N–H and O–H groups in total. The van der Waals surface area contributed by atoms with E-state index in [-0.39, 0.29) is 0 Å². The van der Waals surface area contributed by atoms with Gasteiger partial charge in [0.15, 0.2) is 0 Å². The van der Waals surface area contributed by atoms with Crippen molar-refractivity contribution in [1.82, 2.24) is 0 Å². The third-order valence-corrected chi connectivity index (χ3v) is 6.63. The van der Waals surface area contributed by atoms with Crippen LogP contribution in [0, 0.1) is 5.92 Å². The van der Waals surface area contributed by atoms with Gasteiger partial charge in [-0.1, -0.05) is 13.3 Å². The smallest absolute Gasteiger partial charge is 0.0572 e. The summed E-state index contributed by atoms with van der Waals surface area (Å²) < 4.78 is 13.4. The Bertz CT molecular complexity index is 441. The molecule has 1 saturated carbocycles. The van der Waals surface area contributed by atoms with E-state index in [9.17, 15) is 4.21 Å². The Morgan fingerprint density at radius 3 is 2.56 bits per heavy atom. The fraction of sp³-hybridized carbons (Fsp3) is 0.571. The number of benzene rings is 1. The second-order valence-corrected chi connectivity index (χ2v) is 7.59. The van der Waals surface area contributed by atoms with E-state index in [1.165, 1.54) is 19.3 Å². The first-order valence-electron chi connectivity index (χ1n) is 6.57. The van der Waals surface area contributed by atoms with E-state index < -0.39 is 10.8 Å². The lowest BCUT2D eigenvalue weighted by molar-refractivity contribution is 0.353. The van der Waals surface area contributed by atoms with Crippen molar-refractivity contribution in [2.45, 2.75) is 49.2 Å². The zero-order chi connectivity index (χ0) is 13.1. The molecule has 1 aromatic carbocycles. The largest absolute Gasteiger partial charge is 0.399 e. The molecule has 4 heteroatoms. The molecule has 0 amide bonds. The van der Waals surface area contributed by atoms with Crippen LogP contribution in [-0.2, 0) is 10.8 Å². The quantitative estimate of drug-likeness (QED) is 0.848. The normalized spacial score (nSPS) is 25.9. The number of nitrogens with two attached hydrogens (primary N) is 1. The van der Waals surface area contributed by atoms with Crippen molar-refractivity contribution in [3.05, 3.63) is 22.7 Å². The summed E-state index contributed by atoms with van der Waals surface area (Å²) in [5, 5.41) is 0.313. The summed E-state index contributed by atoms with van der Waals surface area (Å²) in [5.41, 5.74) is 6.42. The van der Waals surface area contributed by atoms with Crippen LogP contribution in [0.25, 0.3) is 0 Å². The summed E-state index contributed by atoms with van der Waals surface area (Å²) in [5.74, 6) is 0.841. The Hall–Kier alpha value is -0.350. The van der Waals surface area contributed by atoms with Gasteiger partial charge in [-0.3, -0.25) is 4.21 Å². The molecule has 0 aliphatic heterocycles. The van der Waals surface area contributed by atoms with Gasteiger partial charge >= 0.3 is 0 Å². The molecule has 1 aliphatic carbocycles. The summed E-state index contributed by atoms with van der Waals surface area (Å²) >= 11 is 3.47. The summed E-state index contributed by atoms with van der Waals surface area (Å²) in [6.07, 6.45) is 5.87. The van der Waals surface area contributed by atoms with Crippen molar-refractivity contribution in [2.24, 2.45) is 5.92 Å². The summed E-state index contributed by atoms with van der Waals surface area (Å²) in [6.45, 7) is 2.25. The van der Waals surface area contributed by atoms with Gasteiger partial charge in [-0.25, -0.2) is 0 Å². The molecule has 1 atom stereocenters. The van der Waals surface area contributed by atoms with Gasteiger partial charge in [0.25, 0.3) is 0 Å². The first kappa shape index (κ1) is 14.1. The van der Waals surface area contributed by atoms with E-state index in [1.54, 1.807) is 0 Å². The predicted octanol–water partition coefficient (Wildman–Crippen LogP) is 4.11. The van der Waals surface area contributed by atoms with Crippen molar-refractivity contribution >= 4 is 32.4 Å². The van der Waals surface area contributed by atoms with Gasteiger partial charge < -0.3 is 5.73 Å². The van der Waals surface area contributed by atoms with Crippen molar-refractivity contribution in [3.63, 3.8) is 0 Å². The van der Waals surface area contributed by atoms with Crippen LogP contribution in [0.2, 0.25) is 0 Å². The lowest BCUT2D eigenvalue weighted by atomic mass is 9.87. The molecule has 1 fully saturated rings. The predicted molar refractivity (Wildman–Crippen MR) is 81.0 cm³/mol. The van der Waals surface area contributed by atoms with Gasteiger partial charge in [-0.2, -0.15) is 0 Å². The van der Waals surface area contributed by atoms with Gasteiger partial charge in [0.2, 0.25) is 0 Å². The Morgan fingerprint density at radius 2 is 2.00 bits per heavy atom. The van der Waals surface area contributed by atoms with Gasteiger partial charge in [0.05, 0.1) is 15.7 Å². The minimum atomic E-state index is -0.909. The molecule has 1 aliphatic rings. The van der Waals surface area contributed by atoms with Gasteiger partial charge in [-0.05, 0) is 65.7 Å². The fourth-order valence-corrected chi connectivity index (χ4v) is 5.00.